The summed E-state index contributed by atoms with van der Waals surface area (Å²) in [5, 5.41) is 4.12. The Morgan fingerprint density at radius 1 is 1.56 bits per heavy atom. The van der Waals surface area contributed by atoms with Gasteiger partial charge < -0.3 is 9.72 Å². The summed E-state index contributed by atoms with van der Waals surface area (Å²) in [6.45, 7) is 4.26. The molecule has 0 aliphatic carbocycles. The van der Waals surface area contributed by atoms with Gasteiger partial charge in [0.05, 0.1) is 5.69 Å². The van der Waals surface area contributed by atoms with Crippen molar-refractivity contribution < 1.29 is 0 Å². The van der Waals surface area contributed by atoms with Crippen LogP contribution in [0.5, 0.6) is 0 Å². The summed E-state index contributed by atoms with van der Waals surface area (Å²) in [7, 11) is 0. The molecule has 3 rings (SSSR count). The van der Waals surface area contributed by atoms with Gasteiger partial charge in [-0.05, 0) is 26.0 Å². The molecule has 4 heteroatoms. The van der Waals surface area contributed by atoms with E-state index >= 15 is 0 Å². The second-order valence-electron chi connectivity index (χ2n) is 4.35. The molecular formula is C12H14ClN3. The minimum absolute atomic E-state index is 0.554. The molecule has 0 saturated carbocycles. The number of aromatic nitrogens is 2. The maximum absolute atomic E-state index is 5.97. The number of pyridine rings is 1. The van der Waals surface area contributed by atoms with Crippen molar-refractivity contribution >= 4 is 17.2 Å². The summed E-state index contributed by atoms with van der Waals surface area (Å²) in [6.07, 6.45) is 3.17. The Balaban J connectivity index is 2.14. The second-order valence-corrected chi connectivity index (χ2v) is 4.78. The van der Waals surface area contributed by atoms with Gasteiger partial charge in [-0.2, -0.15) is 0 Å². The van der Waals surface area contributed by atoms with E-state index in [1.165, 1.54) is 17.8 Å². The first-order valence-corrected chi connectivity index (χ1v) is 5.98. The van der Waals surface area contributed by atoms with Crippen molar-refractivity contribution in [1.82, 2.24) is 14.7 Å². The first kappa shape index (κ1) is 10.1. The highest BCUT2D eigenvalue weighted by Crippen LogP contribution is 2.26. The van der Waals surface area contributed by atoms with Gasteiger partial charge >= 0.3 is 0 Å². The van der Waals surface area contributed by atoms with Gasteiger partial charge in [0.2, 0.25) is 0 Å². The smallest absolute Gasteiger partial charge is 0.138 e. The van der Waals surface area contributed by atoms with E-state index in [1.807, 2.05) is 18.3 Å². The molecule has 0 radical (unpaired) electrons. The highest BCUT2D eigenvalue weighted by Gasteiger charge is 2.22. The van der Waals surface area contributed by atoms with Crippen LogP contribution >= 0.6 is 11.6 Å². The summed E-state index contributed by atoms with van der Waals surface area (Å²) in [5.41, 5.74) is 3.40. The Kier molecular flexibility index (Phi) is 2.37. The summed E-state index contributed by atoms with van der Waals surface area (Å²) in [6, 6.07) is 3.82. The number of nitrogens with one attached hydrogen (secondary N) is 1. The predicted octanol–water partition coefficient (Wildman–Crippen LogP) is 2.37. The van der Waals surface area contributed by atoms with Crippen LogP contribution in [-0.2, 0) is 0 Å². The van der Waals surface area contributed by atoms with E-state index in [-0.39, 0.29) is 0 Å². The van der Waals surface area contributed by atoms with Crippen LogP contribution in [0.4, 0.5) is 0 Å². The Hall–Kier alpha value is -1.06. The Labute approximate surface area is 99.4 Å². The van der Waals surface area contributed by atoms with E-state index in [0.717, 1.165) is 23.8 Å². The van der Waals surface area contributed by atoms with Gasteiger partial charge in [0, 0.05) is 35.4 Å². The minimum Gasteiger partial charge on any atom is -0.316 e. The molecule has 0 amide bonds. The standard InChI is InChI=1S/C12H14ClN3/c1-8-12(9-2-4-14-7-9)15-11-6-10(13)3-5-16(8)11/h3,5-6,9,14H,2,4,7H2,1H3. The molecule has 84 valence electrons. The highest BCUT2D eigenvalue weighted by molar-refractivity contribution is 6.30. The van der Waals surface area contributed by atoms with Gasteiger partial charge in [-0.25, -0.2) is 4.98 Å². The molecule has 0 aromatic carbocycles. The third kappa shape index (κ3) is 1.51. The van der Waals surface area contributed by atoms with Crippen LogP contribution in [0.3, 0.4) is 0 Å². The number of hydrogen-bond acceptors (Lipinski definition) is 2. The SMILES string of the molecule is Cc1c(C2CCNC2)nc2cc(Cl)ccn12. The van der Waals surface area contributed by atoms with Crippen molar-refractivity contribution in [2.24, 2.45) is 0 Å². The summed E-state index contributed by atoms with van der Waals surface area (Å²) in [5.74, 6) is 0.554. The third-order valence-corrected chi connectivity index (χ3v) is 3.55. The fourth-order valence-corrected chi connectivity index (χ4v) is 2.59. The lowest BCUT2D eigenvalue weighted by molar-refractivity contribution is 0.734. The summed E-state index contributed by atoms with van der Waals surface area (Å²) >= 11 is 5.97. The molecule has 0 spiro atoms. The molecule has 1 unspecified atom stereocenters. The van der Waals surface area contributed by atoms with Crippen molar-refractivity contribution in [3.63, 3.8) is 0 Å². The number of halogens is 1. The van der Waals surface area contributed by atoms with Crippen LogP contribution in [0.1, 0.15) is 23.7 Å². The van der Waals surface area contributed by atoms with Crippen molar-refractivity contribution in [1.29, 1.82) is 0 Å². The quantitative estimate of drug-likeness (QED) is 0.823. The first-order chi connectivity index (χ1) is 7.75. The predicted molar refractivity (Wildman–Crippen MR) is 65.2 cm³/mol. The van der Waals surface area contributed by atoms with E-state index in [9.17, 15) is 0 Å². The van der Waals surface area contributed by atoms with Crippen molar-refractivity contribution in [3.05, 3.63) is 34.7 Å². The van der Waals surface area contributed by atoms with Crippen LogP contribution in [0.2, 0.25) is 5.02 Å². The van der Waals surface area contributed by atoms with Crippen molar-refractivity contribution in [3.8, 4) is 0 Å². The maximum atomic E-state index is 5.97. The van der Waals surface area contributed by atoms with Crippen LogP contribution in [0, 0.1) is 6.92 Å². The van der Waals surface area contributed by atoms with Crippen LogP contribution in [-0.4, -0.2) is 22.5 Å². The number of aryl methyl sites for hydroxylation is 1. The monoisotopic (exact) mass is 235 g/mol. The lowest BCUT2D eigenvalue weighted by Crippen LogP contribution is -2.08. The number of imidazole rings is 1. The van der Waals surface area contributed by atoms with Gasteiger partial charge in [-0.1, -0.05) is 11.6 Å². The minimum atomic E-state index is 0.554. The molecule has 1 aliphatic rings. The van der Waals surface area contributed by atoms with Crippen molar-refractivity contribution in [2.45, 2.75) is 19.3 Å². The molecular weight excluding hydrogens is 222 g/mol. The van der Waals surface area contributed by atoms with Gasteiger partial charge in [0.1, 0.15) is 5.65 Å². The Morgan fingerprint density at radius 3 is 3.19 bits per heavy atom. The van der Waals surface area contributed by atoms with E-state index in [1.54, 1.807) is 0 Å². The molecule has 1 fully saturated rings. The van der Waals surface area contributed by atoms with E-state index in [4.69, 9.17) is 16.6 Å². The zero-order chi connectivity index (χ0) is 11.1. The largest absolute Gasteiger partial charge is 0.316 e. The fourth-order valence-electron chi connectivity index (χ4n) is 2.44. The van der Waals surface area contributed by atoms with E-state index in [0.29, 0.717) is 5.92 Å². The molecule has 16 heavy (non-hydrogen) atoms. The van der Waals surface area contributed by atoms with Gasteiger partial charge in [-0.3, -0.25) is 0 Å². The van der Waals surface area contributed by atoms with Crippen LogP contribution in [0.15, 0.2) is 18.3 Å². The highest BCUT2D eigenvalue weighted by atomic mass is 35.5. The number of hydrogen-bond donors (Lipinski definition) is 1. The number of rotatable bonds is 1. The third-order valence-electron chi connectivity index (χ3n) is 3.31. The molecule has 3 nitrogen and oxygen atoms in total. The fraction of sp³-hybridized carbons (Fsp3) is 0.417. The number of nitrogens with zero attached hydrogens (tertiary/aromatic N) is 2. The maximum Gasteiger partial charge on any atom is 0.138 e. The van der Waals surface area contributed by atoms with Gasteiger partial charge in [0.15, 0.2) is 0 Å². The topological polar surface area (TPSA) is 29.3 Å². The Morgan fingerprint density at radius 2 is 2.44 bits per heavy atom. The zero-order valence-corrected chi connectivity index (χ0v) is 9.96. The summed E-state index contributed by atoms with van der Waals surface area (Å²) in [4.78, 5) is 4.69. The van der Waals surface area contributed by atoms with Crippen molar-refractivity contribution in [2.75, 3.05) is 13.1 Å². The van der Waals surface area contributed by atoms with E-state index in [2.05, 4.69) is 16.6 Å². The first-order valence-electron chi connectivity index (χ1n) is 5.60. The molecule has 2 aromatic rings. The molecule has 1 saturated heterocycles. The molecule has 1 aliphatic heterocycles. The number of fused-ring (bicyclic) bond motifs is 1. The lowest BCUT2D eigenvalue weighted by Gasteiger charge is -2.05. The zero-order valence-electron chi connectivity index (χ0n) is 9.20. The van der Waals surface area contributed by atoms with Gasteiger partial charge in [-0.15, -0.1) is 0 Å². The molecule has 2 aromatic heterocycles. The van der Waals surface area contributed by atoms with Crippen LogP contribution in [0.25, 0.3) is 5.65 Å². The second kappa shape index (κ2) is 3.75. The van der Waals surface area contributed by atoms with Gasteiger partial charge in [0.25, 0.3) is 0 Å². The molecule has 1 atom stereocenters. The summed E-state index contributed by atoms with van der Waals surface area (Å²) < 4.78 is 2.11. The Bertz CT molecular complexity index is 526. The van der Waals surface area contributed by atoms with E-state index < -0.39 is 0 Å². The average Bonchev–Trinajstić information content (AvgIpc) is 2.86. The molecule has 1 N–H and O–H groups in total. The molecule has 0 bridgehead atoms. The average molecular weight is 236 g/mol. The molecule has 3 heterocycles. The lowest BCUT2D eigenvalue weighted by atomic mass is 10.0. The van der Waals surface area contributed by atoms with Crippen LogP contribution < -0.4 is 5.32 Å². The normalized spacial score (nSPS) is 20.8.